The summed E-state index contributed by atoms with van der Waals surface area (Å²) >= 11 is 0. The number of hydrogen-bond acceptors (Lipinski definition) is 3. The summed E-state index contributed by atoms with van der Waals surface area (Å²) in [5.74, 6) is -0.848. The van der Waals surface area contributed by atoms with Gasteiger partial charge in [-0.25, -0.2) is 4.39 Å². The van der Waals surface area contributed by atoms with Gasteiger partial charge < -0.3 is 15.6 Å². The van der Waals surface area contributed by atoms with E-state index in [4.69, 9.17) is 10.5 Å². The molecule has 0 aliphatic carbocycles. The molecule has 72 valence electrons. The molecule has 0 spiro atoms. The van der Waals surface area contributed by atoms with Crippen LogP contribution in [-0.4, -0.2) is 18.8 Å². The second-order valence-corrected chi connectivity index (χ2v) is 2.63. The van der Waals surface area contributed by atoms with E-state index < -0.39 is 5.82 Å². The minimum Gasteiger partial charge on any atom is -0.504 e. The molecular formula is C9H12FNO2. The second kappa shape index (κ2) is 4.09. The van der Waals surface area contributed by atoms with E-state index >= 15 is 0 Å². The maximum Gasteiger partial charge on any atom is 0.196 e. The summed E-state index contributed by atoms with van der Waals surface area (Å²) in [6.07, 6.45) is 0.502. The first-order chi connectivity index (χ1) is 6.20. The van der Waals surface area contributed by atoms with Crippen molar-refractivity contribution in [2.24, 2.45) is 5.73 Å². The van der Waals surface area contributed by atoms with Gasteiger partial charge in [-0.3, -0.25) is 0 Å². The van der Waals surface area contributed by atoms with E-state index in [1.54, 1.807) is 0 Å². The molecule has 0 aliphatic heterocycles. The molecule has 0 radical (unpaired) electrons. The number of ether oxygens (including phenoxy) is 1. The fourth-order valence-corrected chi connectivity index (χ4v) is 1.14. The Morgan fingerprint density at radius 2 is 2.23 bits per heavy atom. The summed E-state index contributed by atoms with van der Waals surface area (Å²) in [4.78, 5) is 0. The van der Waals surface area contributed by atoms with Gasteiger partial charge in [0, 0.05) is 0 Å². The zero-order valence-electron chi connectivity index (χ0n) is 7.38. The first kappa shape index (κ1) is 9.80. The molecular weight excluding hydrogens is 173 g/mol. The van der Waals surface area contributed by atoms with Crippen molar-refractivity contribution < 1.29 is 14.2 Å². The van der Waals surface area contributed by atoms with Crippen molar-refractivity contribution in [3.63, 3.8) is 0 Å². The van der Waals surface area contributed by atoms with Crippen molar-refractivity contribution in [1.82, 2.24) is 0 Å². The van der Waals surface area contributed by atoms with E-state index in [1.165, 1.54) is 19.2 Å². The maximum atomic E-state index is 13.0. The topological polar surface area (TPSA) is 55.5 Å². The van der Waals surface area contributed by atoms with Crippen LogP contribution < -0.4 is 10.5 Å². The SMILES string of the molecule is COc1c(F)ccc(CCN)c1O. The number of rotatable bonds is 3. The van der Waals surface area contributed by atoms with Crippen molar-refractivity contribution in [3.05, 3.63) is 23.5 Å². The Morgan fingerprint density at radius 1 is 1.54 bits per heavy atom. The number of nitrogens with two attached hydrogens (primary N) is 1. The van der Waals surface area contributed by atoms with E-state index in [0.717, 1.165) is 0 Å². The maximum absolute atomic E-state index is 13.0. The smallest absolute Gasteiger partial charge is 0.196 e. The minimum absolute atomic E-state index is 0.119. The number of hydrogen-bond donors (Lipinski definition) is 2. The highest BCUT2D eigenvalue weighted by molar-refractivity contribution is 5.46. The lowest BCUT2D eigenvalue weighted by Gasteiger charge is -2.08. The van der Waals surface area contributed by atoms with Crippen molar-refractivity contribution in [2.45, 2.75) is 6.42 Å². The van der Waals surface area contributed by atoms with E-state index in [-0.39, 0.29) is 11.5 Å². The van der Waals surface area contributed by atoms with Gasteiger partial charge in [0.1, 0.15) is 0 Å². The van der Waals surface area contributed by atoms with Gasteiger partial charge in [-0.05, 0) is 24.6 Å². The number of phenols is 1. The second-order valence-electron chi connectivity index (χ2n) is 2.63. The van der Waals surface area contributed by atoms with Crippen LogP contribution in [-0.2, 0) is 6.42 Å². The van der Waals surface area contributed by atoms with Crippen molar-refractivity contribution >= 4 is 0 Å². The van der Waals surface area contributed by atoms with Gasteiger partial charge in [0.2, 0.25) is 0 Å². The molecule has 0 unspecified atom stereocenters. The molecule has 0 saturated heterocycles. The Bertz CT molecular complexity index is 302. The number of methoxy groups -OCH3 is 1. The molecule has 3 nitrogen and oxygen atoms in total. The number of benzene rings is 1. The lowest BCUT2D eigenvalue weighted by atomic mass is 10.1. The molecule has 0 aromatic heterocycles. The van der Waals surface area contributed by atoms with Crippen LogP contribution in [0.15, 0.2) is 12.1 Å². The lowest BCUT2D eigenvalue weighted by molar-refractivity contribution is 0.349. The normalized spacial score (nSPS) is 10.1. The van der Waals surface area contributed by atoms with E-state index in [2.05, 4.69) is 0 Å². The fourth-order valence-electron chi connectivity index (χ4n) is 1.14. The Kier molecular flexibility index (Phi) is 3.08. The summed E-state index contributed by atoms with van der Waals surface area (Å²) in [5, 5.41) is 9.48. The minimum atomic E-state index is -0.569. The van der Waals surface area contributed by atoms with Crippen molar-refractivity contribution in [3.8, 4) is 11.5 Å². The molecule has 13 heavy (non-hydrogen) atoms. The molecule has 1 rings (SSSR count). The zero-order valence-corrected chi connectivity index (χ0v) is 7.38. The predicted molar refractivity (Wildman–Crippen MR) is 47.4 cm³/mol. The van der Waals surface area contributed by atoms with Gasteiger partial charge in [0.05, 0.1) is 7.11 Å². The van der Waals surface area contributed by atoms with Crippen LogP contribution >= 0.6 is 0 Å². The summed E-state index contributed by atoms with van der Waals surface area (Å²) in [6.45, 7) is 0.405. The first-order valence-electron chi connectivity index (χ1n) is 3.95. The Hall–Kier alpha value is -1.29. The molecule has 3 N–H and O–H groups in total. The number of aromatic hydroxyl groups is 1. The summed E-state index contributed by atoms with van der Waals surface area (Å²) in [6, 6.07) is 2.75. The Balaban J connectivity index is 3.11. The van der Waals surface area contributed by atoms with E-state index in [0.29, 0.717) is 18.5 Å². The van der Waals surface area contributed by atoms with Crippen LogP contribution in [0.5, 0.6) is 11.5 Å². The van der Waals surface area contributed by atoms with Crippen molar-refractivity contribution in [1.29, 1.82) is 0 Å². The van der Waals surface area contributed by atoms with Gasteiger partial charge >= 0.3 is 0 Å². The van der Waals surface area contributed by atoms with Gasteiger partial charge in [0.15, 0.2) is 17.3 Å². The molecule has 0 aliphatic rings. The number of halogens is 1. The highest BCUT2D eigenvalue weighted by atomic mass is 19.1. The quantitative estimate of drug-likeness (QED) is 0.739. The van der Waals surface area contributed by atoms with Crippen LogP contribution in [0, 0.1) is 5.82 Å². The van der Waals surface area contributed by atoms with Gasteiger partial charge in [-0.2, -0.15) is 0 Å². The summed E-state index contributed by atoms with van der Waals surface area (Å²) in [5.41, 5.74) is 5.91. The van der Waals surface area contributed by atoms with Gasteiger partial charge in [0.25, 0.3) is 0 Å². The molecule has 0 fully saturated rings. The Labute approximate surface area is 75.9 Å². The third kappa shape index (κ3) is 1.89. The van der Waals surface area contributed by atoms with Gasteiger partial charge in [-0.1, -0.05) is 6.07 Å². The average molecular weight is 185 g/mol. The largest absolute Gasteiger partial charge is 0.504 e. The summed E-state index contributed by atoms with van der Waals surface area (Å²) in [7, 11) is 1.31. The molecule has 1 aromatic carbocycles. The third-order valence-corrected chi connectivity index (χ3v) is 1.78. The predicted octanol–water partition coefficient (Wildman–Crippen LogP) is 1.04. The molecule has 0 amide bonds. The Morgan fingerprint density at radius 3 is 2.77 bits per heavy atom. The molecule has 0 saturated carbocycles. The molecule has 0 atom stereocenters. The molecule has 4 heteroatoms. The van der Waals surface area contributed by atoms with Crippen LogP contribution in [0.4, 0.5) is 4.39 Å². The van der Waals surface area contributed by atoms with E-state index in [1.807, 2.05) is 0 Å². The van der Waals surface area contributed by atoms with E-state index in [9.17, 15) is 9.50 Å². The van der Waals surface area contributed by atoms with Crippen LogP contribution in [0.25, 0.3) is 0 Å². The van der Waals surface area contributed by atoms with Gasteiger partial charge in [-0.15, -0.1) is 0 Å². The fraction of sp³-hybridized carbons (Fsp3) is 0.333. The van der Waals surface area contributed by atoms with Crippen LogP contribution in [0.1, 0.15) is 5.56 Å². The molecule has 1 aromatic rings. The van der Waals surface area contributed by atoms with Crippen LogP contribution in [0.2, 0.25) is 0 Å². The zero-order chi connectivity index (χ0) is 9.84. The standard InChI is InChI=1S/C9H12FNO2/c1-13-9-7(10)3-2-6(4-5-11)8(9)12/h2-3,12H,4-5,11H2,1H3. The first-order valence-corrected chi connectivity index (χ1v) is 3.95. The van der Waals surface area contributed by atoms with Crippen LogP contribution in [0.3, 0.4) is 0 Å². The molecule has 0 bridgehead atoms. The number of phenolic OH excluding ortho intramolecular Hbond substituents is 1. The summed E-state index contributed by atoms with van der Waals surface area (Å²) < 4.78 is 17.7. The monoisotopic (exact) mass is 185 g/mol. The highest BCUT2D eigenvalue weighted by Gasteiger charge is 2.11. The lowest BCUT2D eigenvalue weighted by Crippen LogP contribution is -2.03. The third-order valence-electron chi connectivity index (χ3n) is 1.78. The molecule has 0 heterocycles. The average Bonchev–Trinajstić information content (AvgIpc) is 2.11. The highest BCUT2D eigenvalue weighted by Crippen LogP contribution is 2.32. The van der Waals surface area contributed by atoms with Crippen molar-refractivity contribution in [2.75, 3.05) is 13.7 Å².